The number of fused-ring (bicyclic) bond motifs is 2. The zero-order chi connectivity index (χ0) is 13.9. The van der Waals surface area contributed by atoms with Crippen LogP contribution in [-0.2, 0) is 6.54 Å². The van der Waals surface area contributed by atoms with Crippen molar-refractivity contribution in [3.05, 3.63) is 29.8 Å². The molecule has 4 heteroatoms. The molecule has 2 unspecified atom stereocenters. The first-order chi connectivity index (χ1) is 9.74. The average Bonchev–Trinajstić information content (AvgIpc) is 2.77. The number of hydrogen-bond acceptors (Lipinski definition) is 3. The lowest BCUT2D eigenvalue weighted by Gasteiger charge is -2.37. The van der Waals surface area contributed by atoms with E-state index in [-0.39, 0.29) is 5.82 Å². The summed E-state index contributed by atoms with van der Waals surface area (Å²) in [5, 5.41) is 3.69. The van der Waals surface area contributed by atoms with Gasteiger partial charge in [-0.25, -0.2) is 4.39 Å². The number of piperidine rings is 1. The van der Waals surface area contributed by atoms with Gasteiger partial charge in [0, 0.05) is 30.9 Å². The zero-order valence-electron chi connectivity index (χ0n) is 12.2. The summed E-state index contributed by atoms with van der Waals surface area (Å²) >= 11 is 0. The van der Waals surface area contributed by atoms with E-state index in [9.17, 15) is 4.39 Å². The molecule has 3 heterocycles. The van der Waals surface area contributed by atoms with Crippen LogP contribution in [0.2, 0.25) is 0 Å². The fraction of sp³-hybridized carbons (Fsp3) is 0.688. The lowest BCUT2D eigenvalue weighted by Crippen LogP contribution is -2.48. The van der Waals surface area contributed by atoms with Crippen LogP contribution in [0.5, 0.6) is 0 Å². The molecule has 2 aliphatic rings. The highest BCUT2D eigenvalue weighted by atomic mass is 19.1. The summed E-state index contributed by atoms with van der Waals surface area (Å²) in [4.78, 5) is 6.50. The van der Waals surface area contributed by atoms with Crippen LogP contribution in [0.4, 0.5) is 4.39 Å². The second-order valence-corrected chi connectivity index (χ2v) is 6.24. The topological polar surface area (TPSA) is 28.2 Å². The Labute approximate surface area is 120 Å². The van der Waals surface area contributed by atoms with Gasteiger partial charge in [0.1, 0.15) is 5.82 Å². The van der Waals surface area contributed by atoms with Crippen LogP contribution in [0, 0.1) is 5.82 Å². The van der Waals surface area contributed by atoms with E-state index in [2.05, 4.69) is 22.1 Å². The molecule has 110 valence electrons. The van der Waals surface area contributed by atoms with E-state index in [4.69, 9.17) is 0 Å². The molecule has 1 aromatic heterocycles. The number of aromatic nitrogens is 1. The lowest BCUT2D eigenvalue weighted by molar-refractivity contribution is 0.133. The van der Waals surface area contributed by atoms with Gasteiger partial charge in [-0.05, 0) is 50.3 Å². The Balaban J connectivity index is 1.69. The number of halogens is 1. The van der Waals surface area contributed by atoms with Gasteiger partial charge >= 0.3 is 0 Å². The van der Waals surface area contributed by atoms with Crippen LogP contribution in [-0.4, -0.2) is 34.6 Å². The number of nitrogens with one attached hydrogen (secondary N) is 1. The summed E-state index contributed by atoms with van der Waals surface area (Å²) in [6.07, 6.45) is 9.33. The monoisotopic (exact) mass is 277 g/mol. The second-order valence-electron chi connectivity index (χ2n) is 6.24. The van der Waals surface area contributed by atoms with Crippen molar-refractivity contribution in [2.24, 2.45) is 0 Å². The van der Waals surface area contributed by atoms with Crippen molar-refractivity contribution in [1.82, 2.24) is 15.2 Å². The van der Waals surface area contributed by atoms with E-state index in [1.54, 1.807) is 12.3 Å². The number of hydrogen-bond donors (Lipinski definition) is 1. The highest BCUT2D eigenvalue weighted by molar-refractivity contribution is 5.10. The van der Waals surface area contributed by atoms with Crippen molar-refractivity contribution in [2.45, 2.75) is 63.7 Å². The van der Waals surface area contributed by atoms with Gasteiger partial charge in [0.2, 0.25) is 0 Å². The fourth-order valence-electron chi connectivity index (χ4n) is 3.78. The van der Waals surface area contributed by atoms with Gasteiger partial charge in [-0.3, -0.25) is 9.88 Å². The maximum absolute atomic E-state index is 13.3. The minimum Gasteiger partial charge on any atom is -0.311 e. The molecule has 2 fully saturated rings. The predicted octanol–water partition coefficient (Wildman–Crippen LogP) is 2.72. The van der Waals surface area contributed by atoms with Gasteiger partial charge in [-0.1, -0.05) is 6.92 Å². The van der Waals surface area contributed by atoms with Crippen molar-refractivity contribution in [3.63, 3.8) is 0 Å². The quantitative estimate of drug-likeness (QED) is 0.897. The van der Waals surface area contributed by atoms with Gasteiger partial charge in [0.25, 0.3) is 0 Å². The third kappa shape index (κ3) is 3.18. The molecule has 0 saturated carbocycles. The minimum absolute atomic E-state index is 0.232. The molecule has 0 radical (unpaired) electrons. The van der Waals surface area contributed by atoms with Crippen molar-refractivity contribution in [1.29, 1.82) is 0 Å². The van der Waals surface area contributed by atoms with Crippen LogP contribution in [0.25, 0.3) is 0 Å². The van der Waals surface area contributed by atoms with Gasteiger partial charge in [-0.2, -0.15) is 0 Å². The van der Waals surface area contributed by atoms with E-state index in [0.29, 0.717) is 18.1 Å². The van der Waals surface area contributed by atoms with Crippen LogP contribution in [0.3, 0.4) is 0 Å². The van der Waals surface area contributed by atoms with Gasteiger partial charge in [-0.15, -0.1) is 0 Å². The van der Waals surface area contributed by atoms with Gasteiger partial charge in [0.15, 0.2) is 0 Å². The lowest BCUT2D eigenvalue weighted by atomic mass is 9.97. The molecule has 3 nitrogen and oxygen atoms in total. The summed E-state index contributed by atoms with van der Waals surface area (Å²) in [6.45, 7) is 4.12. The molecule has 0 aliphatic carbocycles. The van der Waals surface area contributed by atoms with E-state index < -0.39 is 0 Å². The Morgan fingerprint density at radius 1 is 1.30 bits per heavy atom. The number of nitrogens with zero attached hydrogens (tertiary/aromatic N) is 2. The van der Waals surface area contributed by atoms with E-state index in [1.807, 2.05) is 0 Å². The Bertz CT molecular complexity index is 439. The summed E-state index contributed by atoms with van der Waals surface area (Å²) in [5.41, 5.74) is 0.990. The van der Waals surface area contributed by atoms with Crippen molar-refractivity contribution < 1.29 is 4.39 Å². The van der Waals surface area contributed by atoms with Crippen LogP contribution >= 0.6 is 0 Å². The Hall–Kier alpha value is -1.00. The van der Waals surface area contributed by atoms with E-state index in [1.165, 1.54) is 31.9 Å². The molecule has 2 aliphatic heterocycles. The summed E-state index contributed by atoms with van der Waals surface area (Å²) in [7, 11) is 0. The molecule has 3 rings (SSSR count). The molecule has 2 bridgehead atoms. The number of pyridine rings is 1. The van der Waals surface area contributed by atoms with Crippen LogP contribution < -0.4 is 5.32 Å². The highest BCUT2D eigenvalue weighted by Crippen LogP contribution is 2.30. The molecular weight excluding hydrogens is 253 g/mol. The maximum atomic E-state index is 13.3. The maximum Gasteiger partial charge on any atom is 0.141 e. The standard InChI is InChI=1S/C16H24FN3/c1-2-5-20(11-12-6-13(17)10-18-9-12)16-7-14-3-4-15(8-16)19-14/h6,9-10,14-16,19H,2-5,7-8,11H2,1H3. The van der Waals surface area contributed by atoms with E-state index >= 15 is 0 Å². The summed E-state index contributed by atoms with van der Waals surface area (Å²) < 4.78 is 13.3. The molecule has 0 amide bonds. The molecule has 1 N–H and O–H groups in total. The van der Waals surface area contributed by atoms with Crippen molar-refractivity contribution in [2.75, 3.05) is 6.54 Å². The zero-order valence-corrected chi connectivity index (χ0v) is 12.2. The van der Waals surface area contributed by atoms with Crippen LogP contribution in [0.15, 0.2) is 18.5 Å². The molecule has 0 aromatic carbocycles. The first kappa shape index (κ1) is 14.0. The minimum atomic E-state index is -0.232. The third-order valence-electron chi connectivity index (χ3n) is 4.62. The molecular formula is C16H24FN3. The largest absolute Gasteiger partial charge is 0.311 e. The third-order valence-corrected chi connectivity index (χ3v) is 4.62. The van der Waals surface area contributed by atoms with E-state index in [0.717, 1.165) is 25.1 Å². The summed E-state index contributed by atoms with van der Waals surface area (Å²) in [6, 6.07) is 3.65. The molecule has 2 atom stereocenters. The molecule has 1 aromatic rings. The number of rotatable bonds is 5. The molecule has 20 heavy (non-hydrogen) atoms. The Morgan fingerprint density at radius 2 is 2.05 bits per heavy atom. The van der Waals surface area contributed by atoms with Crippen molar-refractivity contribution >= 4 is 0 Å². The highest BCUT2D eigenvalue weighted by Gasteiger charge is 2.35. The van der Waals surface area contributed by atoms with Gasteiger partial charge in [0.05, 0.1) is 6.20 Å². The van der Waals surface area contributed by atoms with Crippen LogP contribution in [0.1, 0.15) is 44.6 Å². The first-order valence-electron chi connectivity index (χ1n) is 7.84. The Kier molecular flexibility index (Phi) is 4.32. The fourth-order valence-corrected chi connectivity index (χ4v) is 3.78. The smallest absolute Gasteiger partial charge is 0.141 e. The normalized spacial score (nSPS) is 29.1. The molecule has 0 spiro atoms. The summed E-state index contributed by atoms with van der Waals surface area (Å²) in [5.74, 6) is -0.232. The Morgan fingerprint density at radius 3 is 2.70 bits per heavy atom. The SMILES string of the molecule is CCCN(Cc1cncc(F)c1)C1CC2CCC(C1)N2. The van der Waals surface area contributed by atoms with Crippen molar-refractivity contribution in [3.8, 4) is 0 Å². The molecule has 2 saturated heterocycles. The second kappa shape index (κ2) is 6.19. The predicted molar refractivity (Wildman–Crippen MR) is 77.9 cm³/mol. The average molecular weight is 277 g/mol. The first-order valence-corrected chi connectivity index (χ1v) is 7.84. The van der Waals surface area contributed by atoms with Gasteiger partial charge < -0.3 is 5.32 Å².